The van der Waals surface area contributed by atoms with E-state index in [1.807, 2.05) is 31.2 Å². The van der Waals surface area contributed by atoms with Crippen LogP contribution in [0.5, 0.6) is 5.75 Å². The molecule has 6 rings (SSSR count). The van der Waals surface area contributed by atoms with Gasteiger partial charge in [-0.3, -0.25) is 24.6 Å². The lowest BCUT2D eigenvalue weighted by Crippen LogP contribution is -2.29. The first-order chi connectivity index (χ1) is 23.1. The molecule has 2 heterocycles. The van der Waals surface area contributed by atoms with E-state index in [1.54, 1.807) is 42.5 Å². The van der Waals surface area contributed by atoms with Crippen molar-refractivity contribution in [2.45, 2.75) is 29.7 Å². The van der Waals surface area contributed by atoms with Gasteiger partial charge in [0.1, 0.15) is 18.1 Å². The largest absolute Gasteiger partial charge is 0.507 e. The van der Waals surface area contributed by atoms with E-state index in [4.69, 9.17) is 27.9 Å². The Bertz CT molecular complexity index is 2070. The highest BCUT2D eigenvalue weighted by molar-refractivity contribution is 8.00. The first-order valence-corrected chi connectivity index (χ1v) is 16.9. The summed E-state index contributed by atoms with van der Waals surface area (Å²) in [6.45, 7) is 2.34. The van der Waals surface area contributed by atoms with Gasteiger partial charge in [-0.25, -0.2) is 0 Å². The van der Waals surface area contributed by atoms with Crippen LogP contribution in [-0.2, 0) is 21.9 Å². The second-order valence-corrected chi connectivity index (χ2v) is 13.7. The van der Waals surface area contributed by atoms with Crippen molar-refractivity contribution < 1.29 is 24.4 Å². The summed E-state index contributed by atoms with van der Waals surface area (Å²) >= 11 is 14.7. The van der Waals surface area contributed by atoms with Gasteiger partial charge in [0, 0.05) is 33.5 Å². The highest BCUT2D eigenvalue weighted by atomic mass is 35.5. The third-order valence-corrected chi connectivity index (χ3v) is 10.1. The fraction of sp³-hybridized carbons (Fsp3) is 0.118. The van der Waals surface area contributed by atoms with Crippen LogP contribution in [0.15, 0.2) is 101 Å². The Hall–Kier alpha value is -4.75. The molecule has 1 amide bonds. The minimum Gasteiger partial charge on any atom is -0.507 e. The number of ketones is 1. The number of nitrogens with zero attached hydrogens (tertiary/aromatic N) is 4. The molecule has 14 heteroatoms. The van der Waals surface area contributed by atoms with E-state index in [9.17, 15) is 24.8 Å². The second-order valence-electron chi connectivity index (χ2n) is 10.7. The highest BCUT2D eigenvalue weighted by Gasteiger charge is 2.48. The molecule has 0 bridgehead atoms. The second kappa shape index (κ2) is 14.2. The molecule has 1 atom stereocenters. The van der Waals surface area contributed by atoms with Crippen molar-refractivity contribution in [1.29, 1.82) is 0 Å². The molecule has 1 unspecified atom stereocenters. The number of thioether (sulfide) groups is 1. The van der Waals surface area contributed by atoms with Crippen LogP contribution in [-0.4, -0.2) is 31.9 Å². The molecule has 1 saturated heterocycles. The van der Waals surface area contributed by atoms with Gasteiger partial charge in [-0.2, -0.15) is 0 Å². The Morgan fingerprint density at radius 1 is 1.02 bits per heavy atom. The number of aryl methyl sites for hydroxylation is 1. The molecule has 1 fully saturated rings. The van der Waals surface area contributed by atoms with E-state index >= 15 is 0 Å². The Kier molecular flexibility index (Phi) is 9.78. The predicted octanol–water partition coefficient (Wildman–Crippen LogP) is 8.56. The lowest BCUT2D eigenvalue weighted by molar-refractivity contribution is -0.384. The van der Waals surface area contributed by atoms with Crippen LogP contribution in [0, 0.1) is 17.0 Å². The number of anilines is 1. The number of carbonyl (C=O) groups excluding carboxylic acids is 2. The summed E-state index contributed by atoms with van der Waals surface area (Å²) in [6.07, 6.45) is 0. The number of hydrogen-bond acceptors (Lipinski definition) is 10. The topological polar surface area (TPSA) is 136 Å². The first-order valence-electron chi connectivity index (χ1n) is 14.3. The van der Waals surface area contributed by atoms with E-state index < -0.39 is 28.4 Å². The van der Waals surface area contributed by atoms with Gasteiger partial charge in [-0.1, -0.05) is 82.2 Å². The third-order valence-electron chi connectivity index (χ3n) is 7.45. The molecule has 1 aliphatic rings. The van der Waals surface area contributed by atoms with Crippen LogP contribution in [0.2, 0.25) is 10.0 Å². The maximum Gasteiger partial charge on any atom is 0.301 e. The summed E-state index contributed by atoms with van der Waals surface area (Å²) in [5.74, 6) is -1.29. The number of non-ortho nitro benzene ring substituents is 1. The molecular formula is C34H24Cl2N4O6S2. The number of halogens is 2. The molecule has 1 N–H and O–H groups in total. The van der Waals surface area contributed by atoms with Crippen molar-refractivity contribution in [3.63, 3.8) is 0 Å². The molecule has 1 aromatic heterocycles. The molecule has 1 aliphatic heterocycles. The first kappa shape index (κ1) is 33.2. The van der Waals surface area contributed by atoms with Crippen LogP contribution < -0.4 is 9.64 Å². The smallest absolute Gasteiger partial charge is 0.301 e. The van der Waals surface area contributed by atoms with E-state index in [1.165, 1.54) is 36.0 Å². The minimum atomic E-state index is -1.14. The SMILES string of the molecule is Cc1cccc(COc2ccc(/C(O)=C3\C(=O)C(=O)N(c4nnc(SCc5ccc(Cl)cc5Cl)s4)C3c3ccc([N+](=O)[O-])cc3)cc2)c1. The van der Waals surface area contributed by atoms with Gasteiger partial charge in [0.25, 0.3) is 11.5 Å². The number of aromatic nitrogens is 2. The van der Waals surface area contributed by atoms with Crippen molar-refractivity contribution in [2.24, 2.45) is 0 Å². The number of carbonyl (C=O) groups is 2. The Balaban J connectivity index is 1.31. The normalized spacial score (nSPS) is 15.6. The van der Waals surface area contributed by atoms with Crippen molar-refractivity contribution >= 4 is 74.6 Å². The van der Waals surface area contributed by atoms with Crippen molar-refractivity contribution in [3.8, 4) is 5.75 Å². The van der Waals surface area contributed by atoms with E-state index in [-0.39, 0.29) is 22.0 Å². The number of nitro benzene ring substituents is 1. The van der Waals surface area contributed by atoms with Crippen molar-refractivity contribution in [3.05, 3.63) is 145 Å². The van der Waals surface area contributed by atoms with Gasteiger partial charge >= 0.3 is 5.91 Å². The van der Waals surface area contributed by atoms with Gasteiger partial charge in [0.05, 0.1) is 16.5 Å². The lowest BCUT2D eigenvalue weighted by atomic mass is 9.95. The molecule has 0 radical (unpaired) electrons. The fourth-order valence-electron chi connectivity index (χ4n) is 5.09. The number of amides is 1. The van der Waals surface area contributed by atoms with E-state index in [0.717, 1.165) is 32.9 Å². The van der Waals surface area contributed by atoms with Gasteiger partial charge in [0.2, 0.25) is 5.13 Å². The lowest BCUT2D eigenvalue weighted by Gasteiger charge is -2.22. The quantitative estimate of drug-likeness (QED) is 0.0286. The summed E-state index contributed by atoms with van der Waals surface area (Å²) in [5.41, 5.74) is 3.19. The summed E-state index contributed by atoms with van der Waals surface area (Å²) in [4.78, 5) is 39.1. The van der Waals surface area contributed by atoms with Gasteiger partial charge in [-0.15, -0.1) is 10.2 Å². The molecule has 0 spiro atoms. The van der Waals surface area contributed by atoms with E-state index in [0.29, 0.717) is 38.1 Å². The number of hydrogen-bond donors (Lipinski definition) is 1. The number of Topliss-reactive ketones (excluding diaryl/α,β-unsaturated/α-hetero) is 1. The van der Waals surface area contributed by atoms with Crippen LogP contribution in [0.3, 0.4) is 0 Å². The maximum absolute atomic E-state index is 13.6. The van der Waals surface area contributed by atoms with Crippen LogP contribution >= 0.6 is 46.3 Å². The van der Waals surface area contributed by atoms with Gasteiger partial charge in [-0.05, 0) is 72.1 Å². The predicted molar refractivity (Wildman–Crippen MR) is 186 cm³/mol. The number of aliphatic hydroxyl groups is 1. The number of benzene rings is 4. The molecule has 242 valence electrons. The zero-order valence-electron chi connectivity index (χ0n) is 25.0. The third kappa shape index (κ3) is 7.07. The Labute approximate surface area is 292 Å². The zero-order valence-corrected chi connectivity index (χ0v) is 28.1. The van der Waals surface area contributed by atoms with Crippen LogP contribution in [0.4, 0.5) is 10.8 Å². The summed E-state index contributed by atoms with van der Waals surface area (Å²) in [7, 11) is 0. The Morgan fingerprint density at radius 3 is 2.46 bits per heavy atom. The molecule has 10 nitrogen and oxygen atoms in total. The molecule has 48 heavy (non-hydrogen) atoms. The fourth-order valence-corrected chi connectivity index (χ4v) is 7.52. The monoisotopic (exact) mass is 718 g/mol. The Morgan fingerprint density at radius 2 is 1.77 bits per heavy atom. The molecule has 0 saturated carbocycles. The van der Waals surface area contributed by atoms with Crippen LogP contribution in [0.25, 0.3) is 5.76 Å². The van der Waals surface area contributed by atoms with Crippen molar-refractivity contribution in [2.75, 3.05) is 4.90 Å². The number of rotatable bonds is 10. The zero-order chi connectivity index (χ0) is 33.9. The maximum atomic E-state index is 13.6. The van der Waals surface area contributed by atoms with Gasteiger partial charge in [0.15, 0.2) is 4.34 Å². The summed E-state index contributed by atoms with van der Waals surface area (Å²) in [6, 6.07) is 23.9. The summed E-state index contributed by atoms with van der Waals surface area (Å²) < 4.78 is 6.39. The standard InChI is InChI=1S/C34H24Cl2N4O6S2/c1-19-3-2-4-20(15-19)17-46-26-13-8-22(9-14-26)30(41)28-29(21-6-11-25(12-7-21)40(44)45)39(32(43)31(28)42)33-37-38-34(48-33)47-18-23-5-10-24(35)16-27(23)36/h2-16,29,41H,17-18H2,1H3/b30-28+. The van der Waals surface area contributed by atoms with E-state index in [2.05, 4.69) is 10.2 Å². The highest BCUT2D eigenvalue weighted by Crippen LogP contribution is 2.44. The molecule has 5 aromatic rings. The minimum absolute atomic E-state index is 0.115. The average molecular weight is 720 g/mol. The van der Waals surface area contributed by atoms with Crippen LogP contribution in [0.1, 0.15) is 33.9 Å². The number of aliphatic hydroxyl groups excluding tert-OH is 1. The van der Waals surface area contributed by atoms with Gasteiger partial charge < -0.3 is 9.84 Å². The molecular weight excluding hydrogens is 695 g/mol. The average Bonchev–Trinajstić information content (AvgIpc) is 3.65. The molecule has 0 aliphatic carbocycles. The number of ether oxygens (including phenoxy) is 1. The molecule has 4 aromatic carbocycles. The summed E-state index contributed by atoms with van der Waals surface area (Å²) in [5, 5.41) is 32.4. The van der Waals surface area contributed by atoms with Crippen molar-refractivity contribution in [1.82, 2.24) is 10.2 Å². The number of nitro groups is 1.